The summed E-state index contributed by atoms with van der Waals surface area (Å²) < 4.78 is 2.36. The van der Waals surface area contributed by atoms with E-state index in [4.69, 9.17) is 12.2 Å². The molecule has 2 fully saturated rings. The summed E-state index contributed by atoms with van der Waals surface area (Å²) in [6.07, 6.45) is 8.05. The second-order valence-corrected chi connectivity index (χ2v) is 11.8. The summed E-state index contributed by atoms with van der Waals surface area (Å²) in [5.74, 6) is 1.17. The lowest BCUT2D eigenvalue weighted by Gasteiger charge is -2.36. The van der Waals surface area contributed by atoms with E-state index in [-0.39, 0.29) is 17.0 Å². The highest BCUT2D eigenvalue weighted by Gasteiger charge is 2.34. The van der Waals surface area contributed by atoms with Crippen molar-refractivity contribution in [3.8, 4) is 6.07 Å². The first kappa shape index (κ1) is 29.4. The monoisotopic (exact) mass is 543 g/mol. The molecular formula is C28H41N5O2S2. The van der Waals surface area contributed by atoms with Crippen molar-refractivity contribution in [2.75, 3.05) is 44.7 Å². The van der Waals surface area contributed by atoms with Gasteiger partial charge < -0.3 is 9.80 Å². The molecule has 0 aliphatic carbocycles. The van der Waals surface area contributed by atoms with Gasteiger partial charge in [-0.05, 0) is 44.4 Å². The first-order valence-electron chi connectivity index (χ1n) is 13.6. The van der Waals surface area contributed by atoms with Crippen LogP contribution in [0.25, 0.3) is 6.08 Å². The third-order valence-electron chi connectivity index (χ3n) is 7.52. The van der Waals surface area contributed by atoms with Gasteiger partial charge in [-0.1, -0.05) is 70.4 Å². The van der Waals surface area contributed by atoms with Crippen LogP contribution in [0.3, 0.4) is 0 Å². The highest BCUT2D eigenvalue weighted by molar-refractivity contribution is 8.26. The van der Waals surface area contributed by atoms with E-state index in [0.29, 0.717) is 33.8 Å². The van der Waals surface area contributed by atoms with Crippen molar-refractivity contribution < 1.29 is 4.79 Å². The lowest BCUT2D eigenvalue weighted by Crippen LogP contribution is -2.47. The predicted octanol–water partition coefficient (Wildman–Crippen LogP) is 5.00. The Morgan fingerprint density at radius 3 is 2.38 bits per heavy atom. The molecule has 0 N–H and O–H groups in total. The van der Waals surface area contributed by atoms with Crippen molar-refractivity contribution in [2.24, 2.45) is 5.92 Å². The molecule has 202 valence electrons. The van der Waals surface area contributed by atoms with Crippen LogP contribution in [0.5, 0.6) is 0 Å². The molecule has 1 amide bonds. The fourth-order valence-electron chi connectivity index (χ4n) is 4.99. The molecule has 37 heavy (non-hydrogen) atoms. The molecule has 0 aromatic carbocycles. The molecule has 1 atom stereocenters. The van der Waals surface area contributed by atoms with Gasteiger partial charge in [-0.25, -0.2) is 0 Å². The minimum absolute atomic E-state index is 0.0708. The SMILES string of the molecule is CCCCC(CC)CN1C(=O)/C(=C/c2c(C)c(C#N)c(=O)n(CCCC)c2N2CCN(C)CC2)SC1=S. The van der Waals surface area contributed by atoms with Crippen molar-refractivity contribution in [3.05, 3.63) is 31.9 Å². The molecule has 0 radical (unpaired) electrons. The Hall–Kier alpha value is -2.15. The summed E-state index contributed by atoms with van der Waals surface area (Å²) >= 11 is 6.98. The number of carbonyl (C=O) groups excluding carboxylic acids is 1. The molecule has 2 saturated heterocycles. The van der Waals surface area contributed by atoms with Crippen molar-refractivity contribution in [2.45, 2.75) is 72.8 Å². The second-order valence-electron chi connectivity index (χ2n) is 10.2. The summed E-state index contributed by atoms with van der Waals surface area (Å²) in [4.78, 5) is 33.8. The zero-order valence-electron chi connectivity index (χ0n) is 23.0. The molecule has 2 aliphatic heterocycles. The van der Waals surface area contributed by atoms with E-state index in [2.05, 4.69) is 43.7 Å². The van der Waals surface area contributed by atoms with E-state index in [1.54, 1.807) is 9.47 Å². The van der Waals surface area contributed by atoms with Gasteiger partial charge in [-0.15, -0.1) is 0 Å². The summed E-state index contributed by atoms with van der Waals surface area (Å²) in [5, 5.41) is 9.90. The molecule has 1 aromatic rings. The Morgan fingerprint density at radius 1 is 1.11 bits per heavy atom. The molecule has 0 saturated carbocycles. The van der Waals surface area contributed by atoms with Crippen LogP contribution in [0, 0.1) is 24.2 Å². The standard InChI is InChI=1S/C28H41N5O2S2/c1-6-9-11-21(8-3)19-33-27(35)24(37-28(33)36)17-22-20(4)23(18-29)26(34)32(12-10-7-2)25(22)31-15-13-30(5)14-16-31/h17,21H,6-16,19H2,1-5H3/b24-17-. The van der Waals surface area contributed by atoms with Gasteiger partial charge in [0.1, 0.15) is 21.8 Å². The molecule has 1 unspecified atom stereocenters. The van der Waals surface area contributed by atoms with E-state index in [1.165, 1.54) is 11.8 Å². The average Bonchev–Trinajstić information content (AvgIpc) is 3.15. The van der Waals surface area contributed by atoms with E-state index < -0.39 is 0 Å². The zero-order valence-corrected chi connectivity index (χ0v) is 24.6. The fraction of sp³-hybridized carbons (Fsp3) is 0.643. The van der Waals surface area contributed by atoms with Gasteiger partial charge in [0.05, 0.1) is 4.91 Å². The number of pyridine rings is 1. The molecule has 3 rings (SSSR count). The number of thiocarbonyl (C=S) groups is 1. The summed E-state index contributed by atoms with van der Waals surface area (Å²) in [6.45, 7) is 12.8. The molecular weight excluding hydrogens is 502 g/mol. The molecule has 3 heterocycles. The van der Waals surface area contributed by atoms with Crippen molar-refractivity contribution in [1.82, 2.24) is 14.4 Å². The van der Waals surface area contributed by atoms with Crippen LogP contribution >= 0.6 is 24.0 Å². The normalized spacial score (nSPS) is 18.6. The number of hydrogen-bond donors (Lipinski definition) is 0. The van der Waals surface area contributed by atoms with Gasteiger partial charge in [0, 0.05) is 44.8 Å². The Morgan fingerprint density at radius 2 is 1.78 bits per heavy atom. The number of nitriles is 1. The molecule has 0 bridgehead atoms. The van der Waals surface area contributed by atoms with Crippen molar-refractivity contribution in [3.63, 3.8) is 0 Å². The quantitative estimate of drug-likeness (QED) is 0.287. The molecule has 0 spiro atoms. The smallest absolute Gasteiger partial charge is 0.270 e. The van der Waals surface area contributed by atoms with E-state index >= 15 is 0 Å². The predicted molar refractivity (Wildman–Crippen MR) is 158 cm³/mol. The minimum atomic E-state index is -0.242. The maximum atomic E-state index is 13.6. The lowest BCUT2D eigenvalue weighted by molar-refractivity contribution is -0.122. The minimum Gasteiger partial charge on any atom is -0.355 e. The largest absolute Gasteiger partial charge is 0.355 e. The molecule has 1 aromatic heterocycles. The van der Waals surface area contributed by atoms with Crippen LogP contribution < -0.4 is 10.5 Å². The number of amides is 1. The Kier molecular flexibility index (Phi) is 10.8. The van der Waals surface area contributed by atoms with Gasteiger partial charge in [0.2, 0.25) is 0 Å². The second kappa shape index (κ2) is 13.6. The van der Waals surface area contributed by atoms with Crippen molar-refractivity contribution in [1.29, 1.82) is 5.26 Å². The van der Waals surface area contributed by atoms with Crippen LogP contribution in [-0.2, 0) is 11.3 Å². The highest BCUT2D eigenvalue weighted by Crippen LogP contribution is 2.37. The van der Waals surface area contributed by atoms with Crippen LogP contribution in [0.4, 0.5) is 5.82 Å². The van der Waals surface area contributed by atoms with Gasteiger partial charge in [-0.2, -0.15) is 5.26 Å². The van der Waals surface area contributed by atoms with E-state index in [0.717, 1.165) is 76.1 Å². The summed E-state index contributed by atoms with van der Waals surface area (Å²) in [6, 6.07) is 2.15. The first-order chi connectivity index (χ1) is 17.8. The lowest BCUT2D eigenvalue weighted by atomic mass is 9.99. The van der Waals surface area contributed by atoms with Crippen molar-refractivity contribution >= 4 is 46.1 Å². The van der Waals surface area contributed by atoms with E-state index in [1.807, 2.05) is 13.0 Å². The number of rotatable bonds is 11. The average molecular weight is 544 g/mol. The summed E-state index contributed by atoms with van der Waals surface area (Å²) in [7, 11) is 2.10. The molecule has 2 aliphatic rings. The topological polar surface area (TPSA) is 72.6 Å². The Bertz CT molecular complexity index is 1130. The first-order valence-corrected chi connectivity index (χ1v) is 14.9. The van der Waals surface area contributed by atoms with Gasteiger partial charge >= 0.3 is 0 Å². The highest BCUT2D eigenvalue weighted by atomic mass is 32.2. The fourth-order valence-corrected chi connectivity index (χ4v) is 6.25. The van der Waals surface area contributed by atoms with Gasteiger partial charge in [-0.3, -0.25) is 19.1 Å². The van der Waals surface area contributed by atoms with Crippen LogP contribution in [0.2, 0.25) is 0 Å². The molecule has 9 heteroatoms. The number of likely N-dealkylation sites (N-methyl/N-ethyl adjacent to an activating group) is 1. The van der Waals surface area contributed by atoms with Gasteiger partial charge in [0.15, 0.2) is 0 Å². The number of hydrogen-bond acceptors (Lipinski definition) is 7. The summed E-state index contributed by atoms with van der Waals surface area (Å²) in [5.41, 5.74) is 1.33. The number of anilines is 1. The number of carbonyl (C=O) groups is 1. The number of aromatic nitrogens is 1. The zero-order chi connectivity index (χ0) is 27.1. The maximum absolute atomic E-state index is 13.6. The third-order valence-corrected chi connectivity index (χ3v) is 8.90. The molecule has 7 nitrogen and oxygen atoms in total. The van der Waals surface area contributed by atoms with Crippen LogP contribution in [-0.4, -0.2) is 64.4 Å². The number of unbranched alkanes of at least 4 members (excludes halogenated alkanes) is 2. The number of nitrogens with zero attached hydrogens (tertiary/aromatic N) is 5. The van der Waals surface area contributed by atoms with Gasteiger partial charge in [0.25, 0.3) is 11.5 Å². The Labute approximate surface area is 231 Å². The maximum Gasteiger partial charge on any atom is 0.270 e. The van der Waals surface area contributed by atoms with Crippen LogP contribution in [0.15, 0.2) is 9.70 Å². The number of piperazine rings is 1. The van der Waals surface area contributed by atoms with Crippen LogP contribution in [0.1, 0.15) is 76.0 Å². The third kappa shape index (κ3) is 6.65. The Balaban J connectivity index is 2.09. The number of thioether (sulfide) groups is 1. The van der Waals surface area contributed by atoms with E-state index in [9.17, 15) is 14.9 Å².